The van der Waals surface area contributed by atoms with Crippen molar-refractivity contribution in [1.29, 1.82) is 5.26 Å². The highest BCUT2D eigenvalue weighted by Gasteiger charge is 2.49. The van der Waals surface area contributed by atoms with Crippen molar-refractivity contribution in [2.45, 2.75) is 30.8 Å². The SMILES string of the molecule is CN(C)c1cccc(Oc2nnnn2[C@H]2CO[C@H]3[C@@H]2OC[C@@H]3NCc2cccc(C#N)c2)c1. The Hall–Kier alpha value is -3.52. The molecular formula is C23H25N7O3. The zero-order chi connectivity index (χ0) is 22.8. The molecule has 0 spiro atoms. The number of nitrogens with one attached hydrogen (secondary N) is 1. The van der Waals surface area contributed by atoms with Crippen molar-refractivity contribution in [2.75, 3.05) is 32.2 Å². The molecule has 3 heterocycles. The highest BCUT2D eigenvalue weighted by atomic mass is 16.6. The van der Waals surface area contributed by atoms with Crippen molar-refractivity contribution < 1.29 is 14.2 Å². The van der Waals surface area contributed by atoms with Crippen LogP contribution in [-0.2, 0) is 16.0 Å². The molecule has 0 unspecified atom stereocenters. The Morgan fingerprint density at radius 3 is 2.85 bits per heavy atom. The number of hydrogen-bond acceptors (Lipinski definition) is 9. The number of benzene rings is 2. The lowest BCUT2D eigenvalue weighted by Gasteiger charge is -2.18. The molecule has 0 aliphatic carbocycles. The van der Waals surface area contributed by atoms with Crippen molar-refractivity contribution in [1.82, 2.24) is 25.5 Å². The van der Waals surface area contributed by atoms with Gasteiger partial charge in [0.05, 0.1) is 30.9 Å². The standard InChI is InChI=1S/C23H25N7O3/c1-29(2)17-7-4-8-18(10-17)33-23-26-27-28-30(23)20-14-32-21-19(13-31-22(20)21)25-12-16-6-3-5-15(9-16)11-24/h3-10,19-22,25H,12-14H2,1-2H3/t19-,20-,21+,22+/m0/s1. The molecule has 1 aromatic heterocycles. The number of hydrogen-bond donors (Lipinski definition) is 1. The molecule has 0 radical (unpaired) electrons. The number of rotatable bonds is 7. The molecule has 1 N–H and O–H groups in total. The molecule has 10 nitrogen and oxygen atoms in total. The minimum atomic E-state index is -0.189. The maximum absolute atomic E-state index is 9.10. The van der Waals surface area contributed by atoms with E-state index in [9.17, 15) is 0 Å². The van der Waals surface area contributed by atoms with Gasteiger partial charge in [-0.1, -0.05) is 23.3 Å². The smallest absolute Gasteiger partial charge is 0.341 e. The number of nitrogens with zero attached hydrogens (tertiary/aromatic N) is 6. The van der Waals surface area contributed by atoms with E-state index < -0.39 is 0 Å². The molecule has 4 atom stereocenters. The molecule has 0 bridgehead atoms. The number of fused-ring (bicyclic) bond motifs is 1. The summed E-state index contributed by atoms with van der Waals surface area (Å²) < 4.78 is 19.8. The summed E-state index contributed by atoms with van der Waals surface area (Å²) in [5.74, 6) is 0.652. The van der Waals surface area contributed by atoms with Gasteiger partial charge in [0.2, 0.25) is 0 Å². The molecule has 2 aromatic carbocycles. The first kappa shape index (κ1) is 21.3. The predicted octanol–water partition coefficient (Wildman–Crippen LogP) is 1.90. The van der Waals surface area contributed by atoms with Crippen LogP contribution in [0.25, 0.3) is 0 Å². The molecule has 170 valence electrons. The number of tetrazole rings is 1. The number of ether oxygens (including phenoxy) is 3. The van der Waals surface area contributed by atoms with Crippen LogP contribution in [0, 0.1) is 11.3 Å². The van der Waals surface area contributed by atoms with Crippen molar-refractivity contribution in [3.8, 4) is 17.8 Å². The molecule has 0 saturated carbocycles. The third kappa shape index (κ3) is 4.39. The van der Waals surface area contributed by atoms with Gasteiger partial charge in [-0.25, -0.2) is 0 Å². The van der Waals surface area contributed by atoms with Crippen molar-refractivity contribution >= 4 is 5.69 Å². The first-order valence-electron chi connectivity index (χ1n) is 10.8. The van der Waals surface area contributed by atoms with Gasteiger partial charge < -0.3 is 24.4 Å². The fourth-order valence-electron chi connectivity index (χ4n) is 4.25. The van der Waals surface area contributed by atoms with Crippen molar-refractivity contribution in [2.24, 2.45) is 0 Å². The lowest BCUT2D eigenvalue weighted by atomic mass is 10.1. The number of aromatic nitrogens is 4. The van der Waals surface area contributed by atoms with E-state index in [1.165, 1.54) is 0 Å². The van der Waals surface area contributed by atoms with Gasteiger partial charge >= 0.3 is 6.01 Å². The molecule has 0 amide bonds. The van der Waals surface area contributed by atoms with E-state index in [2.05, 4.69) is 26.9 Å². The third-order valence-electron chi connectivity index (χ3n) is 5.97. The van der Waals surface area contributed by atoms with Crippen LogP contribution in [-0.4, -0.2) is 65.8 Å². The second-order valence-corrected chi connectivity index (χ2v) is 8.36. The molecule has 33 heavy (non-hydrogen) atoms. The van der Waals surface area contributed by atoms with Crippen LogP contribution in [0.5, 0.6) is 11.8 Å². The second-order valence-electron chi connectivity index (χ2n) is 8.36. The Bertz CT molecular complexity index is 1160. The van der Waals surface area contributed by atoms with Crippen LogP contribution in [0.2, 0.25) is 0 Å². The molecule has 2 aliphatic rings. The van der Waals surface area contributed by atoms with E-state index in [4.69, 9.17) is 19.5 Å². The van der Waals surface area contributed by atoms with Gasteiger partial charge in [-0.2, -0.15) is 9.94 Å². The first-order valence-corrected chi connectivity index (χ1v) is 10.8. The molecule has 2 fully saturated rings. The van der Waals surface area contributed by atoms with E-state index >= 15 is 0 Å². The van der Waals surface area contributed by atoms with E-state index in [-0.39, 0.29) is 24.3 Å². The third-order valence-corrected chi connectivity index (χ3v) is 5.97. The average Bonchev–Trinajstić information content (AvgIpc) is 3.55. The molecule has 10 heteroatoms. The summed E-state index contributed by atoms with van der Waals surface area (Å²) in [5, 5.41) is 24.6. The Morgan fingerprint density at radius 1 is 1.15 bits per heavy atom. The lowest BCUT2D eigenvalue weighted by molar-refractivity contribution is 0.0611. The average molecular weight is 447 g/mol. The van der Waals surface area contributed by atoms with Gasteiger partial charge in [-0.15, -0.1) is 0 Å². The van der Waals surface area contributed by atoms with Crippen LogP contribution in [0.3, 0.4) is 0 Å². The van der Waals surface area contributed by atoms with E-state index in [0.717, 1.165) is 11.3 Å². The Labute approximate surface area is 191 Å². The summed E-state index contributed by atoms with van der Waals surface area (Å²) in [5.41, 5.74) is 2.71. The minimum Gasteiger partial charge on any atom is -0.423 e. The molecular weight excluding hydrogens is 422 g/mol. The summed E-state index contributed by atoms with van der Waals surface area (Å²) in [6, 6.07) is 17.6. The van der Waals surface area contributed by atoms with Crippen molar-refractivity contribution in [3.05, 3.63) is 59.7 Å². The highest BCUT2D eigenvalue weighted by molar-refractivity contribution is 5.49. The summed E-state index contributed by atoms with van der Waals surface area (Å²) in [7, 11) is 3.95. The molecule has 2 aliphatic heterocycles. The van der Waals surface area contributed by atoms with Crippen molar-refractivity contribution in [3.63, 3.8) is 0 Å². The summed E-state index contributed by atoms with van der Waals surface area (Å²) in [4.78, 5) is 2.00. The summed E-state index contributed by atoms with van der Waals surface area (Å²) in [6.07, 6.45) is -0.310. The van der Waals surface area contributed by atoms with Gasteiger partial charge in [0.1, 0.15) is 24.0 Å². The topological polar surface area (TPSA) is 110 Å². The normalized spacial score (nSPS) is 23.8. The molecule has 2 saturated heterocycles. The quantitative estimate of drug-likeness (QED) is 0.580. The summed E-state index contributed by atoms with van der Waals surface area (Å²) in [6.45, 7) is 1.58. The van der Waals surface area contributed by atoms with Crippen LogP contribution < -0.4 is 15.0 Å². The maximum atomic E-state index is 9.10. The van der Waals surface area contributed by atoms with Crippen LogP contribution >= 0.6 is 0 Å². The zero-order valence-corrected chi connectivity index (χ0v) is 18.5. The Balaban J connectivity index is 1.25. The fourth-order valence-corrected chi connectivity index (χ4v) is 4.25. The zero-order valence-electron chi connectivity index (χ0n) is 18.5. The number of anilines is 1. The van der Waals surface area contributed by atoms with E-state index in [1.54, 1.807) is 10.7 Å². The Kier molecular flexibility index (Phi) is 5.92. The summed E-state index contributed by atoms with van der Waals surface area (Å²) >= 11 is 0. The molecule has 5 rings (SSSR count). The fraction of sp³-hybridized carbons (Fsp3) is 0.391. The van der Waals surface area contributed by atoms with E-state index in [0.29, 0.717) is 37.1 Å². The lowest BCUT2D eigenvalue weighted by Crippen LogP contribution is -2.40. The van der Waals surface area contributed by atoms with Gasteiger partial charge in [-0.05, 0) is 40.3 Å². The van der Waals surface area contributed by atoms with E-state index in [1.807, 2.05) is 61.5 Å². The van der Waals surface area contributed by atoms with Crippen LogP contribution in [0.15, 0.2) is 48.5 Å². The van der Waals surface area contributed by atoms with Gasteiger partial charge in [0, 0.05) is 32.4 Å². The van der Waals surface area contributed by atoms with Gasteiger partial charge in [0.15, 0.2) is 0 Å². The first-order chi connectivity index (χ1) is 16.1. The maximum Gasteiger partial charge on any atom is 0.341 e. The highest BCUT2D eigenvalue weighted by Crippen LogP contribution is 2.36. The van der Waals surface area contributed by atoms with Crippen LogP contribution in [0.4, 0.5) is 5.69 Å². The van der Waals surface area contributed by atoms with Crippen LogP contribution in [0.1, 0.15) is 17.2 Å². The second kappa shape index (κ2) is 9.15. The predicted molar refractivity (Wildman–Crippen MR) is 119 cm³/mol. The van der Waals surface area contributed by atoms with Gasteiger partial charge in [-0.3, -0.25) is 0 Å². The monoisotopic (exact) mass is 447 g/mol. The largest absolute Gasteiger partial charge is 0.423 e. The number of nitriles is 1. The van der Waals surface area contributed by atoms with Gasteiger partial charge in [0.25, 0.3) is 0 Å². The Morgan fingerprint density at radius 2 is 2.00 bits per heavy atom. The minimum absolute atomic E-state index is 0.0309. The molecule has 3 aromatic rings.